The third-order valence-electron chi connectivity index (χ3n) is 3.20. The molecule has 0 saturated heterocycles. The van der Waals surface area contributed by atoms with Crippen molar-refractivity contribution in [2.75, 3.05) is 20.8 Å². The molecule has 1 aromatic carbocycles. The van der Waals surface area contributed by atoms with E-state index in [-0.39, 0.29) is 12.5 Å². The Balaban J connectivity index is 3.09. The maximum Gasteiger partial charge on any atom is 0.162 e. The summed E-state index contributed by atoms with van der Waals surface area (Å²) in [5, 5.41) is 19.1. The molecule has 2 unspecified atom stereocenters. The first-order valence-electron chi connectivity index (χ1n) is 6.27. The molecule has 19 heavy (non-hydrogen) atoms. The number of ether oxygens (including phenoxy) is 2. The highest BCUT2D eigenvalue weighted by Gasteiger charge is 2.19. The van der Waals surface area contributed by atoms with Gasteiger partial charge in [0.25, 0.3) is 0 Å². The Morgan fingerprint density at radius 1 is 1.21 bits per heavy atom. The standard InChI is InChI=1S/C14H21ClO4/c1-4-9(5-10(17)8-16)11-6-13(18-2)14(19-3)7-12(11)15/h6-7,9-10,16-17H,4-5,8H2,1-3H3. The predicted octanol–water partition coefficient (Wildman–Crippen LogP) is 2.59. The number of aliphatic hydroxyl groups excluding tert-OH is 2. The second-order valence-electron chi connectivity index (χ2n) is 4.41. The molecule has 5 heteroatoms. The predicted molar refractivity (Wildman–Crippen MR) is 75.3 cm³/mol. The molecule has 0 amide bonds. The van der Waals surface area contributed by atoms with Gasteiger partial charge in [0.1, 0.15) is 0 Å². The Bertz CT molecular complexity index is 409. The number of benzene rings is 1. The fourth-order valence-electron chi connectivity index (χ4n) is 2.10. The Morgan fingerprint density at radius 2 is 1.79 bits per heavy atom. The normalized spacial score (nSPS) is 14.0. The van der Waals surface area contributed by atoms with E-state index in [2.05, 4.69) is 0 Å². The molecule has 0 fully saturated rings. The molecule has 1 rings (SSSR count). The van der Waals surface area contributed by atoms with Crippen molar-refractivity contribution in [1.82, 2.24) is 0 Å². The lowest BCUT2D eigenvalue weighted by atomic mass is 9.90. The van der Waals surface area contributed by atoms with Crippen LogP contribution in [0.15, 0.2) is 12.1 Å². The smallest absolute Gasteiger partial charge is 0.162 e. The molecule has 0 saturated carbocycles. The van der Waals surface area contributed by atoms with Gasteiger partial charge in [-0.1, -0.05) is 18.5 Å². The van der Waals surface area contributed by atoms with E-state index in [4.69, 9.17) is 26.2 Å². The molecule has 2 N–H and O–H groups in total. The first kappa shape index (κ1) is 16.1. The Hall–Kier alpha value is -0.970. The fraction of sp³-hybridized carbons (Fsp3) is 0.571. The van der Waals surface area contributed by atoms with Gasteiger partial charge >= 0.3 is 0 Å². The highest BCUT2D eigenvalue weighted by atomic mass is 35.5. The SMILES string of the molecule is CCC(CC(O)CO)c1cc(OC)c(OC)cc1Cl. The molecule has 0 aliphatic carbocycles. The highest BCUT2D eigenvalue weighted by molar-refractivity contribution is 6.31. The van der Waals surface area contributed by atoms with E-state index in [1.807, 2.05) is 13.0 Å². The molecule has 108 valence electrons. The molecule has 1 aromatic rings. The number of aliphatic hydroxyl groups is 2. The molecular weight excluding hydrogens is 268 g/mol. The lowest BCUT2D eigenvalue weighted by Crippen LogP contribution is -2.16. The quantitative estimate of drug-likeness (QED) is 0.810. The maximum absolute atomic E-state index is 9.59. The van der Waals surface area contributed by atoms with Crippen molar-refractivity contribution in [3.8, 4) is 11.5 Å². The van der Waals surface area contributed by atoms with Crippen LogP contribution < -0.4 is 9.47 Å². The molecule has 0 aromatic heterocycles. The average Bonchev–Trinajstić information content (AvgIpc) is 2.44. The summed E-state index contributed by atoms with van der Waals surface area (Å²) in [7, 11) is 3.12. The van der Waals surface area contributed by atoms with Gasteiger partial charge in [-0.05, 0) is 30.4 Å². The van der Waals surface area contributed by atoms with Crippen molar-refractivity contribution in [2.24, 2.45) is 0 Å². The number of methoxy groups -OCH3 is 2. The summed E-state index contributed by atoms with van der Waals surface area (Å²) >= 11 is 6.26. The lowest BCUT2D eigenvalue weighted by Gasteiger charge is -2.21. The summed E-state index contributed by atoms with van der Waals surface area (Å²) in [6.45, 7) is 1.77. The van der Waals surface area contributed by atoms with Gasteiger partial charge in [0.2, 0.25) is 0 Å². The second-order valence-corrected chi connectivity index (χ2v) is 4.81. The molecule has 2 atom stereocenters. The van der Waals surface area contributed by atoms with Crippen LogP contribution in [0.3, 0.4) is 0 Å². The van der Waals surface area contributed by atoms with E-state index in [9.17, 15) is 5.11 Å². The number of halogens is 1. The molecular formula is C14H21ClO4. The summed E-state index contributed by atoms with van der Waals surface area (Å²) in [4.78, 5) is 0. The van der Waals surface area contributed by atoms with Gasteiger partial charge in [-0.15, -0.1) is 0 Å². The van der Waals surface area contributed by atoms with E-state index in [1.54, 1.807) is 20.3 Å². The molecule has 0 aliphatic heterocycles. The zero-order valence-corrected chi connectivity index (χ0v) is 12.3. The monoisotopic (exact) mass is 288 g/mol. The summed E-state index contributed by atoms with van der Waals surface area (Å²) in [6, 6.07) is 3.54. The summed E-state index contributed by atoms with van der Waals surface area (Å²) in [5.74, 6) is 1.25. The van der Waals surface area contributed by atoms with Gasteiger partial charge in [0, 0.05) is 11.1 Å². The van der Waals surface area contributed by atoms with E-state index in [1.165, 1.54) is 0 Å². The Labute approximate surface area is 118 Å². The molecule has 4 nitrogen and oxygen atoms in total. The van der Waals surface area contributed by atoms with Gasteiger partial charge in [-0.3, -0.25) is 0 Å². The minimum absolute atomic E-state index is 0.0643. The van der Waals surface area contributed by atoms with Crippen LogP contribution in [0.1, 0.15) is 31.2 Å². The van der Waals surface area contributed by atoms with Crippen LogP contribution >= 0.6 is 11.6 Å². The summed E-state index contributed by atoms with van der Waals surface area (Å²) in [5.41, 5.74) is 0.898. The van der Waals surface area contributed by atoms with Crippen LogP contribution in [0.25, 0.3) is 0 Å². The van der Waals surface area contributed by atoms with Crippen LogP contribution in [0.5, 0.6) is 11.5 Å². The molecule has 0 radical (unpaired) electrons. The third kappa shape index (κ3) is 4.00. The van der Waals surface area contributed by atoms with E-state index >= 15 is 0 Å². The Kier molecular flexibility index (Phi) is 6.42. The maximum atomic E-state index is 9.59. The minimum Gasteiger partial charge on any atom is -0.493 e. The first-order chi connectivity index (χ1) is 9.07. The minimum atomic E-state index is -0.742. The second kappa shape index (κ2) is 7.58. The molecule has 0 bridgehead atoms. The number of hydrogen-bond donors (Lipinski definition) is 2. The first-order valence-corrected chi connectivity index (χ1v) is 6.65. The van der Waals surface area contributed by atoms with Crippen molar-refractivity contribution >= 4 is 11.6 Å². The van der Waals surface area contributed by atoms with Gasteiger partial charge in [-0.25, -0.2) is 0 Å². The molecule has 0 aliphatic rings. The van der Waals surface area contributed by atoms with Crippen LogP contribution in [0.4, 0.5) is 0 Å². The van der Waals surface area contributed by atoms with Gasteiger partial charge < -0.3 is 19.7 Å². The Morgan fingerprint density at radius 3 is 2.26 bits per heavy atom. The van der Waals surface area contributed by atoms with E-state index < -0.39 is 6.10 Å². The summed E-state index contributed by atoms with van der Waals surface area (Å²) in [6.07, 6.45) is 0.531. The van der Waals surface area contributed by atoms with Gasteiger partial charge in [-0.2, -0.15) is 0 Å². The van der Waals surface area contributed by atoms with Crippen LogP contribution in [-0.4, -0.2) is 37.1 Å². The van der Waals surface area contributed by atoms with Crippen LogP contribution in [-0.2, 0) is 0 Å². The largest absolute Gasteiger partial charge is 0.493 e. The summed E-state index contributed by atoms with van der Waals surface area (Å²) < 4.78 is 10.5. The number of rotatable bonds is 7. The van der Waals surface area contributed by atoms with Crippen LogP contribution in [0.2, 0.25) is 5.02 Å². The third-order valence-corrected chi connectivity index (χ3v) is 3.53. The zero-order chi connectivity index (χ0) is 14.4. The van der Waals surface area contributed by atoms with Crippen molar-refractivity contribution in [2.45, 2.75) is 31.8 Å². The van der Waals surface area contributed by atoms with E-state index in [0.29, 0.717) is 22.9 Å². The topological polar surface area (TPSA) is 58.9 Å². The van der Waals surface area contributed by atoms with Crippen LogP contribution in [0, 0.1) is 0 Å². The number of hydrogen-bond acceptors (Lipinski definition) is 4. The van der Waals surface area contributed by atoms with Gasteiger partial charge in [0.15, 0.2) is 11.5 Å². The van der Waals surface area contributed by atoms with Crippen molar-refractivity contribution < 1.29 is 19.7 Å². The van der Waals surface area contributed by atoms with Gasteiger partial charge in [0.05, 0.1) is 26.9 Å². The molecule has 0 heterocycles. The molecule has 0 spiro atoms. The van der Waals surface area contributed by atoms with Crippen molar-refractivity contribution in [3.05, 3.63) is 22.7 Å². The van der Waals surface area contributed by atoms with Crippen molar-refractivity contribution in [1.29, 1.82) is 0 Å². The lowest BCUT2D eigenvalue weighted by molar-refractivity contribution is 0.0817. The zero-order valence-electron chi connectivity index (χ0n) is 11.5. The average molecular weight is 289 g/mol. The van der Waals surface area contributed by atoms with Crippen molar-refractivity contribution in [3.63, 3.8) is 0 Å². The highest BCUT2D eigenvalue weighted by Crippen LogP contribution is 2.38. The van der Waals surface area contributed by atoms with E-state index in [0.717, 1.165) is 12.0 Å². The fourth-order valence-corrected chi connectivity index (χ4v) is 2.41.